The molecular formula is C20H33NO7. The molecule has 8 heteroatoms. The van der Waals surface area contributed by atoms with Gasteiger partial charge < -0.3 is 24.2 Å². The maximum atomic E-state index is 12.2. The average molecular weight is 399 g/mol. The quantitative estimate of drug-likeness (QED) is 0.228. The molecule has 1 rings (SSSR count). The van der Waals surface area contributed by atoms with E-state index in [2.05, 4.69) is 9.64 Å². The van der Waals surface area contributed by atoms with Crippen LogP contribution in [-0.2, 0) is 28.6 Å². The molecule has 160 valence electrons. The number of hydrogen-bond acceptors (Lipinski definition) is 8. The lowest BCUT2D eigenvalue weighted by Gasteiger charge is -2.26. The van der Waals surface area contributed by atoms with Crippen LogP contribution in [0.15, 0.2) is 12.2 Å². The first kappa shape index (κ1) is 24.1. The molecular weight excluding hydrogens is 366 g/mol. The number of nitrogens with zero attached hydrogens (tertiary/aromatic N) is 1. The van der Waals surface area contributed by atoms with Crippen molar-refractivity contribution < 1.29 is 33.7 Å². The predicted molar refractivity (Wildman–Crippen MR) is 102 cm³/mol. The lowest BCUT2D eigenvalue weighted by molar-refractivity contribution is -0.164. The fourth-order valence-electron chi connectivity index (χ4n) is 2.73. The van der Waals surface area contributed by atoms with Crippen molar-refractivity contribution in [2.45, 2.75) is 46.0 Å². The van der Waals surface area contributed by atoms with Crippen molar-refractivity contribution in [1.29, 1.82) is 0 Å². The van der Waals surface area contributed by atoms with E-state index in [1.165, 1.54) is 26.2 Å². The van der Waals surface area contributed by atoms with Gasteiger partial charge in [-0.05, 0) is 59.2 Å². The summed E-state index contributed by atoms with van der Waals surface area (Å²) < 4.78 is 14.9. The molecule has 1 saturated heterocycles. The lowest BCUT2D eigenvalue weighted by Crippen LogP contribution is -2.39. The molecule has 0 spiro atoms. The number of carbonyl (C=O) groups is 3. The number of rotatable bonds is 12. The Kier molecular flexibility index (Phi) is 11.4. The van der Waals surface area contributed by atoms with Gasteiger partial charge in [0.15, 0.2) is 0 Å². The summed E-state index contributed by atoms with van der Waals surface area (Å²) >= 11 is 0. The Labute approximate surface area is 166 Å². The Morgan fingerprint density at radius 1 is 1.00 bits per heavy atom. The van der Waals surface area contributed by atoms with E-state index >= 15 is 0 Å². The minimum Gasteiger partial charge on any atom is -0.465 e. The fraction of sp³-hybridized carbons (Fsp3) is 0.750. The fourth-order valence-corrected chi connectivity index (χ4v) is 2.73. The molecule has 1 aliphatic heterocycles. The van der Waals surface area contributed by atoms with Crippen LogP contribution in [0.4, 0.5) is 0 Å². The molecule has 1 aliphatic rings. The topological polar surface area (TPSA) is 102 Å². The summed E-state index contributed by atoms with van der Waals surface area (Å²) in [5, 5.41) is 9.54. The van der Waals surface area contributed by atoms with Crippen LogP contribution in [0.1, 0.15) is 46.0 Å². The van der Waals surface area contributed by atoms with Gasteiger partial charge in [0.05, 0.1) is 19.8 Å². The maximum Gasteiger partial charge on any atom is 0.331 e. The number of likely N-dealkylation sites (tertiary alicyclic amines) is 1. The highest BCUT2D eigenvalue weighted by atomic mass is 16.6. The van der Waals surface area contributed by atoms with Gasteiger partial charge in [-0.2, -0.15) is 0 Å². The summed E-state index contributed by atoms with van der Waals surface area (Å²) in [6.45, 7) is 5.98. The summed E-state index contributed by atoms with van der Waals surface area (Å²) in [5.41, 5.74) is -1.35. The molecule has 1 N–H and O–H groups in total. The molecule has 1 unspecified atom stereocenters. The van der Waals surface area contributed by atoms with E-state index in [0.717, 1.165) is 44.6 Å². The van der Waals surface area contributed by atoms with E-state index in [1.54, 1.807) is 6.92 Å². The number of ether oxygens (including phenoxy) is 3. The predicted octanol–water partition coefficient (Wildman–Crippen LogP) is 1.46. The van der Waals surface area contributed by atoms with Crippen molar-refractivity contribution in [1.82, 2.24) is 4.90 Å². The zero-order valence-corrected chi connectivity index (χ0v) is 17.0. The highest BCUT2D eigenvalue weighted by Crippen LogP contribution is 2.19. The van der Waals surface area contributed by atoms with Crippen LogP contribution < -0.4 is 0 Å². The zero-order valence-electron chi connectivity index (χ0n) is 17.0. The first-order valence-corrected chi connectivity index (χ1v) is 9.93. The number of esters is 3. The van der Waals surface area contributed by atoms with Crippen LogP contribution in [0.3, 0.4) is 0 Å². The van der Waals surface area contributed by atoms with Gasteiger partial charge in [-0.25, -0.2) is 9.59 Å². The van der Waals surface area contributed by atoms with Gasteiger partial charge in [-0.15, -0.1) is 0 Å². The summed E-state index contributed by atoms with van der Waals surface area (Å²) in [6.07, 6.45) is 7.35. The molecule has 1 atom stereocenters. The number of aliphatic hydroxyl groups excluding tert-OH is 1. The average Bonchev–Trinajstić information content (AvgIpc) is 2.71. The first-order chi connectivity index (χ1) is 13.4. The van der Waals surface area contributed by atoms with Gasteiger partial charge in [0.2, 0.25) is 0 Å². The number of aliphatic hydroxyl groups is 1. The maximum absolute atomic E-state index is 12.2. The van der Waals surface area contributed by atoms with Crippen molar-refractivity contribution in [3.63, 3.8) is 0 Å². The largest absolute Gasteiger partial charge is 0.465 e. The molecule has 0 saturated carbocycles. The SMILES string of the molecule is CCOC(=O)/C=C/C(=O)OCC(C)(CO)C(=O)OCCCCN1CCCCC1. The minimum atomic E-state index is -1.35. The first-order valence-electron chi connectivity index (χ1n) is 9.93. The van der Waals surface area contributed by atoms with Gasteiger partial charge >= 0.3 is 17.9 Å². The molecule has 0 aromatic carbocycles. The highest BCUT2D eigenvalue weighted by molar-refractivity contribution is 5.91. The number of piperidine rings is 1. The molecule has 0 aliphatic carbocycles. The molecule has 8 nitrogen and oxygen atoms in total. The minimum absolute atomic E-state index is 0.199. The molecule has 1 fully saturated rings. The molecule has 0 aromatic heterocycles. The van der Waals surface area contributed by atoms with Crippen molar-refractivity contribution in [2.75, 3.05) is 46.1 Å². The zero-order chi connectivity index (χ0) is 20.8. The van der Waals surface area contributed by atoms with E-state index in [9.17, 15) is 19.5 Å². The number of unbranched alkanes of at least 4 members (excludes halogenated alkanes) is 1. The smallest absolute Gasteiger partial charge is 0.331 e. The summed E-state index contributed by atoms with van der Waals surface area (Å²) in [5.74, 6) is -2.08. The normalized spacial score (nSPS) is 17.1. The van der Waals surface area contributed by atoms with E-state index in [4.69, 9.17) is 9.47 Å². The van der Waals surface area contributed by atoms with Crippen LogP contribution in [0.2, 0.25) is 0 Å². The van der Waals surface area contributed by atoms with Crippen LogP contribution in [0.25, 0.3) is 0 Å². The van der Waals surface area contributed by atoms with Crippen LogP contribution in [-0.4, -0.2) is 74.0 Å². The van der Waals surface area contributed by atoms with Gasteiger partial charge in [0, 0.05) is 12.2 Å². The van der Waals surface area contributed by atoms with E-state index < -0.39 is 29.9 Å². The van der Waals surface area contributed by atoms with Gasteiger partial charge in [-0.3, -0.25) is 4.79 Å². The molecule has 0 aromatic rings. The van der Waals surface area contributed by atoms with Crippen molar-refractivity contribution >= 4 is 17.9 Å². The van der Waals surface area contributed by atoms with E-state index in [0.29, 0.717) is 0 Å². The molecule has 28 heavy (non-hydrogen) atoms. The Morgan fingerprint density at radius 3 is 2.25 bits per heavy atom. The third kappa shape index (κ3) is 9.32. The van der Waals surface area contributed by atoms with Gasteiger partial charge in [0.1, 0.15) is 12.0 Å². The lowest BCUT2D eigenvalue weighted by atomic mass is 9.93. The van der Waals surface area contributed by atoms with E-state index in [1.807, 2.05) is 0 Å². The Bertz CT molecular complexity index is 529. The number of carbonyl (C=O) groups excluding carboxylic acids is 3. The second-order valence-corrected chi connectivity index (χ2v) is 7.16. The third-order valence-electron chi connectivity index (χ3n) is 4.57. The summed E-state index contributed by atoms with van der Waals surface area (Å²) in [6, 6.07) is 0. The molecule has 0 radical (unpaired) electrons. The third-order valence-corrected chi connectivity index (χ3v) is 4.57. The van der Waals surface area contributed by atoms with Crippen molar-refractivity contribution in [2.24, 2.45) is 5.41 Å². The van der Waals surface area contributed by atoms with Gasteiger partial charge in [-0.1, -0.05) is 6.42 Å². The van der Waals surface area contributed by atoms with Crippen LogP contribution >= 0.6 is 0 Å². The van der Waals surface area contributed by atoms with Crippen molar-refractivity contribution in [3.8, 4) is 0 Å². The number of hydrogen-bond donors (Lipinski definition) is 1. The Balaban J connectivity index is 2.28. The van der Waals surface area contributed by atoms with E-state index in [-0.39, 0.29) is 19.8 Å². The summed E-state index contributed by atoms with van der Waals surface area (Å²) in [4.78, 5) is 37.5. The Morgan fingerprint density at radius 2 is 1.64 bits per heavy atom. The second kappa shape index (κ2) is 13.3. The van der Waals surface area contributed by atoms with Crippen molar-refractivity contribution in [3.05, 3.63) is 12.2 Å². The monoisotopic (exact) mass is 399 g/mol. The summed E-state index contributed by atoms with van der Waals surface area (Å²) in [7, 11) is 0. The van der Waals surface area contributed by atoms with Gasteiger partial charge in [0.25, 0.3) is 0 Å². The molecule has 0 amide bonds. The van der Waals surface area contributed by atoms with Crippen LogP contribution in [0, 0.1) is 5.41 Å². The second-order valence-electron chi connectivity index (χ2n) is 7.16. The molecule has 1 heterocycles. The van der Waals surface area contributed by atoms with Crippen LogP contribution in [0.5, 0.6) is 0 Å². The highest BCUT2D eigenvalue weighted by Gasteiger charge is 2.36. The standard InChI is InChI=1S/C20H33NO7/c1-3-26-17(23)9-10-18(24)28-16-20(2,15-22)19(25)27-14-8-7-13-21-11-5-4-6-12-21/h9-10,22H,3-8,11-16H2,1-2H3/b10-9+. The molecule has 0 bridgehead atoms. The Hall–Kier alpha value is -1.93.